The topological polar surface area (TPSA) is 85.5 Å². The Bertz CT molecular complexity index is 870. The maximum atomic E-state index is 15.0. The van der Waals surface area contributed by atoms with Crippen LogP contribution < -0.4 is 15.4 Å². The highest BCUT2D eigenvalue weighted by Gasteiger charge is 2.52. The van der Waals surface area contributed by atoms with E-state index in [2.05, 4.69) is 4.98 Å². The van der Waals surface area contributed by atoms with Crippen LogP contribution >= 0.6 is 0 Å². The Kier molecular flexibility index (Phi) is 3.90. The van der Waals surface area contributed by atoms with Crippen LogP contribution in [0.3, 0.4) is 0 Å². The van der Waals surface area contributed by atoms with Gasteiger partial charge in [0.1, 0.15) is 23.6 Å². The van der Waals surface area contributed by atoms with E-state index in [0.717, 1.165) is 11.1 Å². The molecule has 2 aromatic rings. The molecule has 0 saturated heterocycles. The van der Waals surface area contributed by atoms with Gasteiger partial charge in [0.15, 0.2) is 11.6 Å². The molecule has 0 saturated carbocycles. The van der Waals surface area contributed by atoms with E-state index in [9.17, 15) is 18.4 Å². The molecule has 8 heteroatoms. The van der Waals surface area contributed by atoms with Crippen molar-refractivity contribution in [3.05, 3.63) is 53.2 Å². The Morgan fingerprint density at radius 1 is 1.32 bits per heavy atom. The zero-order valence-electron chi connectivity index (χ0n) is 13.5. The average Bonchev–Trinajstić information content (AvgIpc) is 2.79. The second kappa shape index (κ2) is 5.80. The number of primary amides is 1. The number of methoxy groups -OCH3 is 1. The molecule has 1 aliphatic rings. The van der Waals surface area contributed by atoms with Gasteiger partial charge in [-0.05, 0) is 24.6 Å². The zero-order chi connectivity index (χ0) is 18.4. The summed E-state index contributed by atoms with van der Waals surface area (Å²) in [6.45, 7) is 1.05. The average molecular weight is 347 g/mol. The van der Waals surface area contributed by atoms with Crippen molar-refractivity contribution in [2.75, 3.05) is 18.6 Å². The van der Waals surface area contributed by atoms with Crippen molar-refractivity contribution in [3.63, 3.8) is 0 Å². The highest BCUT2D eigenvalue weighted by atomic mass is 19.1. The summed E-state index contributed by atoms with van der Waals surface area (Å²) in [6.07, 6.45) is 1.13. The van der Waals surface area contributed by atoms with Gasteiger partial charge in [0.05, 0.1) is 18.9 Å². The van der Waals surface area contributed by atoms with Gasteiger partial charge >= 0.3 is 0 Å². The molecule has 0 unspecified atom stereocenters. The molecule has 0 fully saturated rings. The molecule has 2 heterocycles. The number of carbonyl (C=O) groups is 2. The van der Waals surface area contributed by atoms with Gasteiger partial charge in [-0.3, -0.25) is 14.5 Å². The van der Waals surface area contributed by atoms with Crippen LogP contribution in [-0.2, 0) is 15.0 Å². The van der Waals surface area contributed by atoms with Gasteiger partial charge in [-0.25, -0.2) is 13.8 Å². The number of hydrogen-bond donors (Lipinski definition) is 1. The van der Waals surface area contributed by atoms with E-state index in [-0.39, 0.29) is 17.1 Å². The van der Waals surface area contributed by atoms with E-state index in [1.54, 1.807) is 0 Å². The molecule has 0 aliphatic carbocycles. The van der Waals surface area contributed by atoms with E-state index in [4.69, 9.17) is 10.5 Å². The van der Waals surface area contributed by atoms with E-state index < -0.39 is 35.4 Å². The van der Waals surface area contributed by atoms with Crippen molar-refractivity contribution in [1.82, 2.24) is 4.98 Å². The van der Waals surface area contributed by atoms with E-state index in [0.29, 0.717) is 5.56 Å². The molecule has 6 nitrogen and oxygen atoms in total. The van der Waals surface area contributed by atoms with Crippen LogP contribution in [-0.4, -0.2) is 30.5 Å². The Balaban J connectivity index is 2.28. The Labute approximate surface area is 142 Å². The first-order chi connectivity index (χ1) is 11.8. The van der Waals surface area contributed by atoms with Crippen LogP contribution in [0.4, 0.5) is 14.6 Å². The predicted molar refractivity (Wildman–Crippen MR) is 85.1 cm³/mol. The maximum Gasteiger partial charge on any atom is 0.243 e. The zero-order valence-corrected chi connectivity index (χ0v) is 13.5. The standard InChI is InChI=1S/C17H15F2N3O3/c1-17(9-3-5-10(18)6-4-9)13-14(19)11(25-2)7-21-15(13)22(16(17)24)8-12(20)23/h3-7H,8H2,1-2H3,(H2,20,23)/t17-/m1/s1. The first-order valence-corrected chi connectivity index (χ1v) is 7.40. The molecule has 0 bridgehead atoms. The van der Waals surface area contributed by atoms with Gasteiger partial charge < -0.3 is 10.5 Å². The number of fused-ring (bicyclic) bond motifs is 1. The Hall–Kier alpha value is -3.03. The van der Waals surface area contributed by atoms with Crippen molar-refractivity contribution in [2.24, 2.45) is 5.73 Å². The van der Waals surface area contributed by atoms with Crippen molar-refractivity contribution in [3.8, 4) is 5.75 Å². The minimum absolute atomic E-state index is 0.00562. The molecule has 3 rings (SSSR count). The lowest BCUT2D eigenvalue weighted by Crippen LogP contribution is -2.43. The van der Waals surface area contributed by atoms with Gasteiger partial charge in [0.2, 0.25) is 11.8 Å². The predicted octanol–water partition coefficient (Wildman–Crippen LogP) is 1.51. The van der Waals surface area contributed by atoms with Crippen LogP contribution in [0.25, 0.3) is 0 Å². The van der Waals surface area contributed by atoms with E-state index >= 15 is 0 Å². The minimum Gasteiger partial charge on any atom is -0.492 e. The fraction of sp³-hybridized carbons (Fsp3) is 0.235. The Morgan fingerprint density at radius 2 is 1.96 bits per heavy atom. The quantitative estimate of drug-likeness (QED) is 0.908. The second-order valence-corrected chi connectivity index (χ2v) is 5.83. The normalized spacial score (nSPS) is 19.0. The number of halogens is 2. The van der Waals surface area contributed by atoms with E-state index in [1.807, 2.05) is 0 Å². The molecule has 1 aliphatic heterocycles. The third-order valence-electron chi connectivity index (χ3n) is 4.35. The smallest absolute Gasteiger partial charge is 0.243 e. The SMILES string of the molecule is COc1cnc2c(c1F)[C@@](C)(c1ccc(F)cc1)C(=O)N2CC(N)=O. The molecule has 2 N–H and O–H groups in total. The molecular formula is C17H15F2N3O3. The highest BCUT2D eigenvalue weighted by molar-refractivity contribution is 6.11. The molecule has 2 amide bonds. The number of rotatable bonds is 4. The van der Waals surface area contributed by atoms with Gasteiger partial charge in [0, 0.05) is 0 Å². The number of nitrogens with two attached hydrogens (primary N) is 1. The molecule has 1 atom stereocenters. The van der Waals surface area contributed by atoms with Gasteiger partial charge in [-0.1, -0.05) is 12.1 Å². The van der Waals surface area contributed by atoms with Gasteiger partial charge in [-0.15, -0.1) is 0 Å². The number of anilines is 1. The largest absolute Gasteiger partial charge is 0.492 e. The number of ether oxygens (including phenoxy) is 1. The number of carbonyl (C=O) groups excluding carboxylic acids is 2. The van der Waals surface area contributed by atoms with Crippen molar-refractivity contribution in [1.29, 1.82) is 0 Å². The Morgan fingerprint density at radius 3 is 2.52 bits per heavy atom. The van der Waals surface area contributed by atoms with Crippen LogP contribution in [0.2, 0.25) is 0 Å². The lowest BCUT2D eigenvalue weighted by Gasteiger charge is -2.24. The summed E-state index contributed by atoms with van der Waals surface area (Å²) in [5.74, 6) is -2.74. The molecule has 1 aromatic heterocycles. The molecule has 0 radical (unpaired) electrons. The number of hydrogen-bond acceptors (Lipinski definition) is 4. The summed E-state index contributed by atoms with van der Waals surface area (Å²) >= 11 is 0. The summed E-state index contributed by atoms with van der Waals surface area (Å²) in [4.78, 5) is 29.5. The summed E-state index contributed by atoms with van der Waals surface area (Å²) in [6, 6.07) is 5.14. The number of amides is 2. The van der Waals surface area contributed by atoms with E-state index in [1.165, 1.54) is 38.3 Å². The van der Waals surface area contributed by atoms with Crippen molar-refractivity contribution in [2.45, 2.75) is 12.3 Å². The van der Waals surface area contributed by atoms with Crippen LogP contribution in [0.5, 0.6) is 5.75 Å². The number of benzene rings is 1. The summed E-state index contributed by atoms with van der Waals surface area (Å²) in [5, 5.41) is 0. The molecule has 25 heavy (non-hydrogen) atoms. The number of nitrogens with zero attached hydrogens (tertiary/aromatic N) is 2. The molecular weight excluding hydrogens is 332 g/mol. The monoisotopic (exact) mass is 347 g/mol. The lowest BCUT2D eigenvalue weighted by molar-refractivity contribution is -0.124. The van der Waals surface area contributed by atoms with Gasteiger partial charge in [-0.2, -0.15) is 0 Å². The third kappa shape index (κ3) is 2.41. The second-order valence-electron chi connectivity index (χ2n) is 5.83. The summed E-state index contributed by atoms with van der Waals surface area (Å²) in [5.41, 5.74) is 4.03. The molecule has 130 valence electrons. The fourth-order valence-electron chi connectivity index (χ4n) is 3.08. The third-order valence-corrected chi connectivity index (χ3v) is 4.35. The van der Waals surface area contributed by atoms with Crippen LogP contribution in [0, 0.1) is 11.6 Å². The van der Waals surface area contributed by atoms with Crippen molar-refractivity contribution >= 4 is 17.6 Å². The fourth-order valence-corrected chi connectivity index (χ4v) is 3.08. The first kappa shape index (κ1) is 16.8. The highest BCUT2D eigenvalue weighted by Crippen LogP contribution is 2.47. The lowest BCUT2D eigenvalue weighted by atomic mass is 9.77. The maximum absolute atomic E-state index is 15.0. The molecule has 0 spiro atoms. The van der Waals surface area contributed by atoms with Crippen LogP contribution in [0.15, 0.2) is 30.5 Å². The summed E-state index contributed by atoms with van der Waals surface area (Å²) < 4.78 is 33.2. The first-order valence-electron chi connectivity index (χ1n) is 7.40. The minimum atomic E-state index is -1.50. The van der Waals surface area contributed by atoms with Gasteiger partial charge in [0.25, 0.3) is 0 Å². The van der Waals surface area contributed by atoms with Crippen LogP contribution in [0.1, 0.15) is 18.1 Å². The molecule has 1 aromatic carbocycles. The number of pyridine rings is 1. The number of aromatic nitrogens is 1. The summed E-state index contributed by atoms with van der Waals surface area (Å²) in [7, 11) is 1.28. The van der Waals surface area contributed by atoms with Crippen molar-refractivity contribution < 1.29 is 23.1 Å².